The molecule has 2 heteroatoms. The van der Waals surface area contributed by atoms with E-state index in [2.05, 4.69) is 19.9 Å². The van der Waals surface area contributed by atoms with Crippen molar-refractivity contribution in [3.63, 3.8) is 0 Å². The molecule has 2 atom stereocenters. The van der Waals surface area contributed by atoms with Gasteiger partial charge in [0.15, 0.2) is 0 Å². The first-order valence-electron chi connectivity index (χ1n) is 6.20. The summed E-state index contributed by atoms with van der Waals surface area (Å²) in [4.78, 5) is 0. The number of ether oxygens (including phenoxy) is 1. The largest absolute Gasteiger partial charge is 0.496 e. The molecule has 17 heavy (non-hydrogen) atoms. The smallest absolute Gasteiger partial charge is 0.125 e. The topological polar surface area (TPSA) is 29.5 Å². The van der Waals surface area contributed by atoms with Crippen molar-refractivity contribution < 1.29 is 9.84 Å². The Kier molecular flexibility index (Phi) is 2.94. The fourth-order valence-corrected chi connectivity index (χ4v) is 2.74. The predicted octanol–water partition coefficient (Wildman–Crippen LogP) is 3.39. The Morgan fingerprint density at radius 1 is 1.35 bits per heavy atom. The van der Waals surface area contributed by atoms with Crippen LogP contribution in [0, 0.1) is 25.2 Å². The quantitative estimate of drug-likeness (QED) is 0.868. The van der Waals surface area contributed by atoms with Gasteiger partial charge in [0.25, 0.3) is 0 Å². The third-order valence-electron chi connectivity index (χ3n) is 3.98. The zero-order valence-corrected chi connectivity index (χ0v) is 11.4. The van der Waals surface area contributed by atoms with E-state index in [1.54, 1.807) is 7.11 Å². The van der Waals surface area contributed by atoms with Crippen molar-refractivity contribution in [3.8, 4) is 5.75 Å². The van der Waals surface area contributed by atoms with Crippen LogP contribution in [0.25, 0.3) is 0 Å². The van der Waals surface area contributed by atoms with Crippen LogP contribution in [0.1, 0.15) is 43.1 Å². The maximum absolute atomic E-state index is 10.5. The van der Waals surface area contributed by atoms with Gasteiger partial charge in [-0.15, -0.1) is 0 Å². The van der Waals surface area contributed by atoms with Gasteiger partial charge in [-0.2, -0.15) is 0 Å². The lowest BCUT2D eigenvalue weighted by molar-refractivity contribution is 0.134. The van der Waals surface area contributed by atoms with Crippen LogP contribution in [0.4, 0.5) is 0 Å². The Hall–Kier alpha value is -1.02. The molecular weight excluding hydrogens is 212 g/mol. The van der Waals surface area contributed by atoms with Crippen LogP contribution in [0.2, 0.25) is 0 Å². The molecule has 0 amide bonds. The van der Waals surface area contributed by atoms with Gasteiger partial charge in [0.1, 0.15) is 5.75 Å². The summed E-state index contributed by atoms with van der Waals surface area (Å²) in [6.45, 7) is 8.50. The summed E-state index contributed by atoms with van der Waals surface area (Å²) in [6, 6.07) is 4.11. The third kappa shape index (κ3) is 2.19. The van der Waals surface area contributed by atoms with E-state index >= 15 is 0 Å². The Balaban J connectivity index is 2.38. The number of aryl methyl sites for hydroxylation is 2. The van der Waals surface area contributed by atoms with E-state index in [-0.39, 0.29) is 5.41 Å². The summed E-state index contributed by atoms with van der Waals surface area (Å²) in [5.41, 5.74) is 3.53. The number of methoxy groups -OCH3 is 1. The van der Waals surface area contributed by atoms with Crippen molar-refractivity contribution in [3.05, 3.63) is 28.8 Å². The normalized spacial score (nSPS) is 23.3. The fraction of sp³-hybridized carbons (Fsp3) is 0.600. The van der Waals surface area contributed by atoms with E-state index in [0.29, 0.717) is 5.92 Å². The van der Waals surface area contributed by atoms with Gasteiger partial charge in [-0.25, -0.2) is 0 Å². The minimum absolute atomic E-state index is 0.266. The summed E-state index contributed by atoms with van der Waals surface area (Å²) >= 11 is 0. The van der Waals surface area contributed by atoms with Crippen LogP contribution in [0.5, 0.6) is 5.75 Å². The first-order chi connectivity index (χ1) is 7.86. The van der Waals surface area contributed by atoms with Crippen LogP contribution in [0.3, 0.4) is 0 Å². The van der Waals surface area contributed by atoms with E-state index in [1.807, 2.05) is 19.9 Å². The van der Waals surface area contributed by atoms with Gasteiger partial charge in [-0.1, -0.05) is 19.9 Å². The highest BCUT2D eigenvalue weighted by Crippen LogP contribution is 2.58. The summed E-state index contributed by atoms with van der Waals surface area (Å²) in [7, 11) is 1.67. The highest BCUT2D eigenvalue weighted by molar-refractivity contribution is 5.45. The average Bonchev–Trinajstić information content (AvgIpc) is 2.85. The molecule has 1 N–H and O–H groups in total. The number of hydrogen-bond donors (Lipinski definition) is 1. The summed E-state index contributed by atoms with van der Waals surface area (Å²) in [5, 5.41) is 10.5. The van der Waals surface area contributed by atoms with Gasteiger partial charge in [-0.3, -0.25) is 0 Å². The molecule has 0 saturated heterocycles. The molecule has 2 unspecified atom stereocenters. The molecular formula is C15H22O2. The molecule has 94 valence electrons. The van der Waals surface area contributed by atoms with E-state index in [4.69, 9.17) is 4.74 Å². The highest BCUT2D eigenvalue weighted by Gasteiger charge is 2.50. The molecule has 0 spiro atoms. The van der Waals surface area contributed by atoms with Gasteiger partial charge >= 0.3 is 0 Å². The summed E-state index contributed by atoms with van der Waals surface area (Å²) < 4.78 is 5.41. The Morgan fingerprint density at radius 2 is 1.94 bits per heavy atom. The first kappa shape index (κ1) is 12.4. The second kappa shape index (κ2) is 4.02. The minimum atomic E-state index is -0.402. The molecule has 1 saturated carbocycles. The molecule has 0 heterocycles. The standard InChI is InChI=1S/C15H22O2/c1-9-6-10(2)13(12(7-9)17-5)14(16)11-8-15(11,3)4/h6-7,11,14,16H,8H2,1-5H3. The zero-order valence-electron chi connectivity index (χ0n) is 11.4. The average molecular weight is 234 g/mol. The van der Waals surface area contributed by atoms with Crippen LogP contribution in [-0.2, 0) is 0 Å². The Morgan fingerprint density at radius 3 is 2.41 bits per heavy atom. The zero-order chi connectivity index (χ0) is 12.8. The van der Waals surface area contributed by atoms with Crippen LogP contribution in [-0.4, -0.2) is 12.2 Å². The molecule has 0 aromatic heterocycles. The lowest BCUT2D eigenvalue weighted by Crippen LogP contribution is -2.08. The highest BCUT2D eigenvalue weighted by atomic mass is 16.5. The molecule has 2 rings (SSSR count). The van der Waals surface area contributed by atoms with E-state index < -0.39 is 6.10 Å². The molecule has 1 aromatic rings. The van der Waals surface area contributed by atoms with Crippen LogP contribution < -0.4 is 4.74 Å². The molecule has 1 fully saturated rings. The summed E-state index contributed by atoms with van der Waals surface area (Å²) in [6.07, 6.45) is 0.686. The lowest BCUT2D eigenvalue weighted by Gasteiger charge is -2.19. The monoisotopic (exact) mass is 234 g/mol. The Bertz CT molecular complexity index is 435. The van der Waals surface area contributed by atoms with E-state index in [9.17, 15) is 5.11 Å². The maximum Gasteiger partial charge on any atom is 0.125 e. The van der Waals surface area contributed by atoms with Crippen molar-refractivity contribution in [2.24, 2.45) is 11.3 Å². The number of benzene rings is 1. The van der Waals surface area contributed by atoms with Crippen LogP contribution in [0.15, 0.2) is 12.1 Å². The molecule has 0 aliphatic heterocycles. The number of rotatable bonds is 3. The van der Waals surface area contributed by atoms with Crippen LogP contribution >= 0.6 is 0 Å². The van der Waals surface area contributed by atoms with Gasteiger partial charge in [0.05, 0.1) is 13.2 Å². The van der Waals surface area contributed by atoms with Gasteiger partial charge in [0, 0.05) is 5.56 Å². The second-order valence-corrected chi connectivity index (χ2v) is 5.94. The lowest BCUT2D eigenvalue weighted by atomic mass is 9.94. The molecule has 2 nitrogen and oxygen atoms in total. The first-order valence-corrected chi connectivity index (χ1v) is 6.20. The van der Waals surface area contributed by atoms with E-state index in [1.165, 1.54) is 5.56 Å². The number of aliphatic hydroxyl groups is 1. The van der Waals surface area contributed by atoms with Gasteiger partial charge < -0.3 is 9.84 Å². The summed E-state index contributed by atoms with van der Waals surface area (Å²) in [5.74, 6) is 1.18. The van der Waals surface area contributed by atoms with Crippen molar-refractivity contribution in [2.45, 2.75) is 40.2 Å². The minimum Gasteiger partial charge on any atom is -0.496 e. The molecule has 0 bridgehead atoms. The molecule has 0 radical (unpaired) electrons. The fourth-order valence-electron chi connectivity index (χ4n) is 2.74. The molecule has 1 aliphatic carbocycles. The van der Waals surface area contributed by atoms with Crippen molar-refractivity contribution in [1.29, 1.82) is 0 Å². The second-order valence-electron chi connectivity index (χ2n) is 5.94. The number of aliphatic hydroxyl groups excluding tert-OH is 1. The predicted molar refractivity (Wildman–Crippen MR) is 69.3 cm³/mol. The molecule has 1 aromatic carbocycles. The van der Waals surface area contributed by atoms with Gasteiger partial charge in [-0.05, 0) is 48.8 Å². The van der Waals surface area contributed by atoms with E-state index in [0.717, 1.165) is 23.3 Å². The molecule has 1 aliphatic rings. The SMILES string of the molecule is COc1cc(C)cc(C)c1C(O)C1CC1(C)C. The van der Waals surface area contributed by atoms with Crippen molar-refractivity contribution in [1.82, 2.24) is 0 Å². The third-order valence-corrected chi connectivity index (χ3v) is 3.98. The maximum atomic E-state index is 10.5. The van der Waals surface area contributed by atoms with Crippen molar-refractivity contribution >= 4 is 0 Å². The van der Waals surface area contributed by atoms with Crippen molar-refractivity contribution in [2.75, 3.05) is 7.11 Å². The Labute approximate surface area is 104 Å². The number of hydrogen-bond acceptors (Lipinski definition) is 2. The van der Waals surface area contributed by atoms with Gasteiger partial charge in [0.2, 0.25) is 0 Å².